The van der Waals surface area contributed by atoms with Crippen molar-refractivity contribution < 1.29 is 14.3 Å². The second kappa shape index (κ2) is 4.59. The Kier molecular flexibility index (Phi) is 3.44. The van der Waals surface area contributed by atoms with Crippen molar-refractivity contribution in [2.45, 2.75) is 13.8 Å². The molecule has 4 heteroatoms. The van der Waals surface area contributed by atoms with Crippen LogP contribution in [-0.4, -0.2) is 18.8 Å². The lowest BCUT2D eigenvalue weighted by Crippen LogP contribution is -2.08. The maximum Gasteiger partial charge on any atom is 0.221 e. The highest BCUT2D eigenvalue weighted by Crippen LogP contribution is 2.25. The van der Waals surface area contributed by atoms with Crippen LogP contribution in [0, 0.1) is 0 Å². The molecule has 0 spiro atoms. The Hall–Kier alpha value is -1.84. The average Bonchev–Trinajstić information content (AvgIpc) is 2.16. The average molecular weight is 207 g/mol. The fourth-order valence-electron chi connectivity index (χ4n) is 1.21. The zero-order valence-electron chi connectivity index (χ0n) is 8.96. The number of carbonyl (C=O) groups is 2. The number of anilines is 1. The van der Waals surface area contributed by atoms with E-state index in [1.54, 1.807) is 18.2 Å². The number of nitrogens with one attached hydrogen (secondary N) is 1. The molecule has 0 atom stereocenters. The normalized spacial score (nSPS) is 9.53. The van der Waals surface area contributed by atoms with E-state index in [1.807, 2.05) is 0 Å². The summed E-state index contributed by atoms with van der Waals surface area (Å²) in [5.41, 5.74) is 1.05. The molecule has 1 amide bonds. The molecule has 0 saturated heterocycles. The van der Waals surface area contributed by atoms with Gasteiger partial charge in [0.05, 0.1) is 12.8 Å². The SMILES string of the molecule is COc1ccc(C(C)=O)cc1NC(C)=O. The van der Waals surface area contributed by atoms with Gasteiger partial charge in [-0.1, -0.05) is 0 Å². The largest absolute Gasteiger partial charge is 0.495 e. The predicted octanol–water partition coefficient (Wildman–Crippen LogP) is 1.86. The molecule has 0 fully saturated rings. The van der Waals surface area contributed by atoms with Crippen LogP contribution in [0.4, 0.5) is 5.69 Å². The number of rotatable bonds is 3. The maximum absolute atomic E-state index is 11.1. The summed E-state index contributed by atoms with van der Waals surface area (Å²) in [7, 11) is 1.51. The van der Waals surface area contributed by atoms with Gasteiger partial charge in [0.15, 0.2) is 5.78 Å². The summed E-state index contributed by atoms with van der Waals surface area (Å²) in [6.07, 6.45) is 0. The minimum Gasteiger partial charge on any atom is -0.495 e. The van der Waals surface area contributed by atoms with Gasteiger partial charge in [-0.25, -0.2) is 0 Å². The molecule has 1 aromatic carbocycles. The lowest BCUT2D eigenvalue weighted by atomic mass is 10.1. The second-order valence-corrected chi connectivity index (χ2v) is 3.15. The fraction of sp³-hybridized carbons (Fsp3) is 0.273. The highest BCUT2D eigenvalue weighted by molar-refractivity contribution is 5.97. The number of hydrogen-bond acceptors (Lipinski definition) is 3. The van der Waals surface area contributed by atoms with Crippen LogP contribution in [0.1, 0.15) is 24.2 Å². The zero-order chi connectivity index (χ0) is 11.4. The van der Waals surface area contributed by atoms with Crippen LogP contribution in [0.2, 0.25) is 0 Å². The molecule has 1 rings (SSSR count). The van der Waals surface area contributed by atoms with E-state index in [4.69, 9.17) is 4.74 Å². The monoisotopic (exact) mass is 207 g/mol. The molecule has 0 aliphatic carbocycles. The summed E-state index contributed by atoms with van der Waals surface area (Å²) in [6, 6.07) is 4.91. The molecule has 0 bridgehead atoms. The summed E-state index contributed by atoms with van der Waals surface area (Å²) in [5.74, 6) is 0.286. The first-order valence-electron chi connectivity index (χ1n) is 4.51. The molecule has 0 aromatic heterocycles. The van der Waals surface area contributed by atoms with Gasteiger partial charge in [0.1, 0.15) is 5.75 Å². The van der Waals surface area contributed by atoms with Crippen molar-refractivity contribution in [3.63, 3.8) is 0 Å². The van der Waals surface area contributed by atoms with Gasteiger partial charge in [-0.2, -0.15) is 0 Å². The Bertz CT molecular complexity index is 399. The van der Waals surface area contributed by atoms with Gasteiger partial charge in [-0.05, 0) is 25.1 Å². The van der Waals surface area contributed by atoms with E-state index in [1.165, 1.54) is 21.0 Å². The van der Waals surface area contributed by atoms with Gasteiger partial charge in [0.2, 0.25) is 5.91 Å². The summed E-state index contributed by atoms with van der Waals surface area (Å²) in [5, 5.41) is 2.60. The van der Waals surface area contributed by atoms with Crippen LogP contribution in [0.5, 0.6) is 5.75 Å². The molecule has 80 valence electrons. The van der Waals surface area contributed by atoms with Gasteiger partial charge in [-0.3, -0.25) is 9.59 Å². The van der Waals surface area contributed by atoms with E-state index in [0.29, 0.717) is 17.0 Å². The zero-order valence-corrected chi connectivity index (χ0v) is 8.96. The number of ether oxygens (including phenoxy) is 1. The highest BCUT2D eigenvalue weighted by Gasteiger charge is 2.07. The quantitative estimate of drug-likeness (QED) is 0.769. The molecule has 0 saturated carbocycles. The Morgan fingerprint density at radius 1 is 1.27 bits per heavy atom. The third-order valence-electron chi connectivity index (χ3n) is 1.92. The fourth-order valence-corrected chi connectivity index (χ4v) is 1.21. The van der Waals surface area contributed by atoms with Crippen LogP contribution in [0.25, 0.3) is 0 Å². The molecule has 0 aliphatic rings. The van der Waals surface area contributed by atoms with Crippen LogP contribution >= 0.6 is 0 Å². The molecule has 0 radical (unpaired) electrons. The van der Waals surface area contributed by atoms with Gasteiger partial charge in [0, 0.05) is 12.5 Å². The summed E-state index contributed by atoms with van der Waals surface area (Å²) in [4.78, 5) is 22.0. The van der Waals surface area contributed by atoms with Crippen molar-refractivity contribution >= 4 is 17.4 Å². The van der Waals surface area contributed by atoms with Crippen molar-refractivity contribution in [1.29, 1.82) is 0 Å². The molecule has 0 heterocycles. The first kappa shape index (κ1) is 11.2. The Balaban J connectivity index is 3.12. The lowest BCUT2D eigenvalue weighted by Gasteiger charge is -2.09. The Labute approximate surface area is 88.2 Å². The number of methoxy groups -OCH3 is 1. The van der Waals surface area contributed by atoms with Gasteiger partial charge in [0.25, 0.3) is 0 Å². The van der Waals surface area contributed by atoms with Crippen LogP contribution in [-0.2, 0) is 4.79 Å². The van der Waals surface area contributed by atoms with Gasteiger partial charge in [-0.15, -0.1) is 0 Å². The van der Waals surface area contributed by atoms with Crippen molar-refractivity contribution in [2.75, 3.05) is 12.4 Å². The molecule has 0 aliphatic heterocycles. The molecule has 0 unspecified atom stereocenters. The first-order valence-corrected chi connectivity index (χ1v) is 4.51. The van der Waals surface area contributed by atoms with E-state index >= 15 is 0 Å². The lowest BCUT2D eigenvalue weighted by molar-refractivity contribution is -0.114. The summed E-state index contributed by atoms with van der Waals surface area (Å²) < 4.78 is 5.05. The van der Waals surface area contributed by atoms with Crippen LogP contribution in [0.3, 0.4) is 0 Å². The highest BCUT2D eigenvalue weighted by atomic mass is 16.5. The molecular formula is C11H13NO3. The molecule has 15 heavy (non-hydrogen) atoms. The Morgan fingerprint density at radius 2 is 1.93 bits per heavy atom. The Morgan fingerprint density at radius 3 is 2.40 bits per heavy atom. The molecular weight excluding hydrogens is 194 g/mol. The summed E-state index contributed by atoms with van der Waals surface area (Å²) in [6.45, 7) is 2.87. The van der Waals surface area contributed by atoms with E-state index in [2.05, 4.69) is 5.32 Å². The number of benzene rings is 1. The topological polar surface area (TPSA) is 55.4 Å². The number of ketones is 1. The first-order chi connectivity index (χ1) is 7.04. The van der Waals surface area contributed by atoms with Crippen LogP contribution < -0.4 is 10.1 Å². The number of Topliss-reactive ketones (excluding diaryl/α,β-unsaturated/α-hetero) is 1. The third kappa shape index (κ3) is 2.80. The van der Waals surface area contributed by atoms with Crippen molar-refractivity contribution in [3.8, 4) is 5.75 Å². The van der Waals surface area contributed by atoms with Gasteiger partial charge >= 0.3 is 0 Å². The third-order valence-corrected chi connectivity index (χ3v) is 1.92. The second-order valence-electron chi connectivity index (χ2n) is 3.15. The summed E-state index contributed by atoms with van der Waals surface area (Å²) >= 11 is 0. The van der Waals surface area contributed by atoms with E-state index in [-0.39, 0.29) is 11.7 Å². The minimum absolute atomic E-state index is 0.0516. The number of amides is 1. The number of carbonyl (C=O) groups excluding carboxylic acids is 2. The standard InChI is InChI=1S/C11H13NO3/c1-7(13)9-4-5-11(15-3)10(6-9)12-8(2)14/h4-6H,1-3H3,(H,12,14). The molecule has 1 N–H and O–H groups in total. The minimum atomic E-state index is -0.200. The maximum atomic E-state index is 11.1. The van der Waals surface area contributed by atoms with E-state index in [0.717, 1.165) is 0 Å². The smallest absolute Gasteiger partial charge is 0.221 e. The van der Waals surface area contributed by atoms with E-state index in [9.17, 15) is 9.59 Å². The molecule has 1 aromatic rings. The number of hydrogen-bond donors (Lipinski definition) is 1. The van der Waals surface area contributed by atoms with Crippen molar-refractivity contribution in [3.05, 3.63) is 23.8 Å². The van der Waals surface area contributed by atoms with Crippen molar-refractivity contribution in [2.24, 2.45) is 0 Å². The van der Waals surface area contributed by atoms with Gasteiger partial charge < -0.3 is 10.1 Å². The molecule has 4 nitrogen and oxygen atoms in total. The van der Waals surface area contributed by atoms with E-state index < -0.39 is 0 Å². The van der Waals surface area contributed by atoms with Crippen LogP contribution in [0.15, 0.2) is 18.2 Å². The van der Waals surface area contributed by atoms with Crippen molar-refractivity contribution in [1.82, 2.24) is 0 Å². The predicted molar refractivity (Wildman–Crippen MR) is 57.3 cm³/mol.